The molecule has 0 atom stereocenters. The van der Waals surface area contributed by atoms with E-state index in [0.29, 0.717) is 5.56 Å². The maximum atomic E-state index is 13.0. The summed E-state index contributed by atoms with van der Waals surface area (Å²) in [6.45, 7) is 3.44. The molecule has 0 bridgehead atoms. The monoisotopic (exact) mass is 389 g/mol. The lowest BCUT2D eigenvalue weighted by Crippen LogP contribution is -2.27. The number of esters is 1. The lowest BCUT2D eigenvalue weighted by Gasteiger charge is -2.10. The molecule has 0 saturated carbocycles. The number of ether oxygens (including phenoxy) is 1. The Hall–Kier alpha value is -3.92. The Morgan fingerprint density at radius 3 is 2.45 bits per heavy atom. The first kappa shape index (κ1) is 19.8. The normalized spacial score (nSPS) is 10.4. The standard InChI is InChI=1S/C22H19N3O4/c1-14-9-19(15(2)25(14)18-7-5-4-6-8-18)20(26)13-24-12-17(22(28)29-3)10-16(11-23)21(24)27/h4-10,12H,13H2,1-3H3. The van der Waals surface area contributed by atoms with Gasteiger partial charge in [0.1, 0.15) is 11.6 Å². The van der Waals surface area contributed by atoms with Gasteiger partial charge in [-0.3, -0.25) is 9.59 Å². The quantitative estimate of drug-likeness (QED) is 0.494. The molecular formula is C22H19N3O4. The van der Waals surface area contributed by atoms with Gasteiger partial charge in [-0.1, -0.05) is 18.2 Å². The lowest BCUT2D eigenvalue weighted by atomic mass is 10.1. The molecule has 0 aliphatic carbocycles. The van der Waals surface area contributed by atoms with E-state index in [0.717, 1.165) is 27.7 Å². The largest absolute Gasteiger partial charge is 0.465 e. The topological polar surface area (TPSA) is 94.1 Å². The Morgan fingerprint density at radius 1 is 1.14 bits per heavy atom. The van der Waals surface area contributed by atoms with Gasteiger partial charge in [-0.25, -0.2) is 4.79 Å². The molecule has 7 heteroatoms. The number of Topliss-reactive ketones (excluding diaryl/α,β-unsaturated/α-hetero) is 1. The van der Waals surface area contributed by atoms with Crippen LogP contribution in [0.15, 0.2) is 53.5 Å². The van der Waals surface area contributed by atoms with Gasteiger partial charge in [-0.2, -0.15) is 5.26 Å². The maximum absolute atomic E-state index is 13.0. The van der Waals surface area contributed by atoms with Gasteiger partial charge in [0.25, 0.3) is 5.56 Å². The smallest absolute Gasteiger partial charge is 0.339 e. The van der Waals surface area contributed by atoms with Crippen LogP contribution in [0, 0.1) is 25.2 Å². The summed E-state index contributed by atoms with van der Waals surface area (Å²) >= 11 is 0. The Bertz CT molecular complexity index is 1200. The van der Waals surface area contributed by atoms with Crippen molar-refractivity contribution in [1.29, 1.82) is 5.26 Å². The highest BCUT2D eigenvalue weighted by molar-refractivity contribution is 5.97. The SMILES string of the molecule is COC(=O)c1cc(C#N)c(=O)n(CC(=O)c2cc(C)n(-c3ccccc3)c2C)c1. The van der Waals surface area contributed by atoms with Gasteiger partial charge in [-0.15, -0.1) is 0 Å². The molecule has 29 heavy (non-hydrogen) atoms. The average Bonchev–Trinajstić information content (AvgIpc) is 3.03. The van der Waals surface area contributed by atoms with Crippen LogP contribution >= 0.6 is 0 Å². The van der Waals surface area contributed by atoms with Crippen molar-refractivity contribution >= 4 is 11.8 Å². The second-order valence-electron chi connectivity index (χ2n) is 6.56. The summed E-state index contributed by atoms with van der Waals surface area (Å²) in [6, 6.07) is 14.3. The third kappa shape index (κ3) is 3.73. The number of para-hydroxylation sites is 1. The summed E-state index contributed by atoms with van der Waals surface area (Å²) in [4.78, 5) is 37.2. The molecule has 3 aromatic rings. The number of ketones is 1. The van der Waals surface area contributed by atoms with Crippen LogP contribution in [0.2, 0.25) is 0 Å². The van der Waals surface area contributed by atoms with E-state index in [4.69, 9.17) is 0 Å². The van der Waals surface area contributed by atoms with Gasteiger partial charge in [0, 0.05) is 28.8 Å². The van der Waals surface area contributed by atoms with Crippen molar-refractivity contribution in [2.75, 3.05) is 7.11 Å². The van der Waals surface area contributed by atoms with Gasteiger partial charge in [0.05, 0.1) is 19.2 Å². The molecule has 0 fully saturated rings. The number of benzene rings is 1. The molecule has 3 rings (SSSR count). The molecule has 146 valence electrons. The number of aromatic nitrogens is 2. The zero-order valence-corrected chi connectivity index (χ0v) is 16.3. The van der Waals surface area contributed by atoms with E-state index in [-0.39, 0.29) is 23.5 Å². The van der Waals surface area contributed by atoms with Crippen LogP contribution in [-0.2, 0) is 11.3 Å². The highest BCUT2D eigenvalue weighted by atomic mass is 16.5. The van der Waals surface area contributed by atoms with Crippen molar-refractivity contribution in [2.45, 2.75) is 20.4 Å². The van der Waals surface area contributed by atoms with Crippen LogP contribution < -0.4 is 5.56 Å². The molecule has 0 amide bonds. The third-order valence-electron chi connectivity index (χ3n) is 4.69. The molecule has 0 N–H and O–H groups in total. The summed E-state index contributed by atoms with van der Waals surface area (Å²) in [5, 5.41) is 9.18. The predicted octanol–water partition coefficient (Wildman–Crippen LogP) is 2.80. The van der Waals surface area contributed by atoms with E-state index in [1.54, 1.807) is 12.1 Å². The summed E-state index contributed by atoms with van der Waals surface area (Å²) in [5.74, 6) is -0.988. The Morgan fingerprint density at radius 2 is 1.83 bits per heavy atom. The molecule has 0 aliphatic heterocycles. The van der Waals surface area contributed by atoms with Crippen molar-refractivity contribution in [3.05, 3.63) is 87.1 Å². The number of carbonyl (C=O) groups is 2. The first-order chi connectivity index (χ1) is 13.9. The number of carbonyl (C=O) groups excluding carboxylic acids is 2. The summed E-state index contributed by atoms with van der Waals surface area (Å²) < 4.78 is 7.69. The molecule has 2 heterocycles. The fourth-order valence-electron chi connectivity index (χ4n) is 3.32. The zero-order chi connectivity index (χ0) is 21.1. The van der Waals surface area contributed by atoms with Gasteiger partial charge in [0.15, 0.2) is 5.78 Å². The molecule has 7 nitrogen and oxygen atoms in total. The van der Waals surface area contributed by atoms with Gasteiger partial charge < -0.3 is 13.9 Å². The molecule has 0 saturated heterocycles. The molecule has 0 radical (unpaired) electrons. The number of hydrogen-bond donors (Lipinski definition) is 0. The van der Waals surface area contributed by atoms with E-state index < -0.39 is 11.5 Å². The maximum Gasteiger partial charge on any atom is 0.339 e. The number of nitriles is 1. The van der Waals surface area contributed by atoms with Gasteiger partial charge >= 0.3 is 5.97 Å². The fraction of sp³-hybridized carbons (Fsp3) is 0.182. The Balaban J connectivity index is 2.01. The number of aryl methyl sites for hydroxylation is 1. The molecule has 0 unspecified atom stereocenters. The second kappa shape index (κ2) is 7.98. The summed E-state index contributed by atoms with van der Waals surface area (Å²) in [7, 11) is 1.20. The highest BCUT2D eigenvalue weighted by Gasteiger charge is 2.19. The molecule has 0 aliphatic rings. The second-order valence-corrected chi connectivity index (χ2v) is 6.56. The minimum Gasteiger partial charge on any atom is -0.465 e. The Labute approximate surface area is 167 Å². The van der Waals surface area contributed by atoms with Crippen LogP contribution in [0.1, 0.15) is 37.7 Å². The van der Waals surface area contributed by atoms with Crippen LogP contribution in [0.3, 0.4) is 0 Å². The van der Waals surface area contributed by atoms with Crippen LogP contribution in [0.5, 0.6) is 0 Å². The van der Waals surface area contributed by atoms with Gasteiger partial charge in [-0.05, 0) is 38.1 Å². The fourth-order valence-corrected chi connectivity index (χ4v) is 3.32. The number of nitrogens with zero attached hydrogens (tertiary/aromatic N) is 3. The van der Waals surface area contributed by atoms with E-state index >= 15 is 0 Å². The highest BCUT2D eigenvalue weighted by Crippen LogP contribution is 2.21. The van der Waals surface area contributed by atoms with Gasteiger partial charge in [0.2, 0.25) is 0 Å². The van der Waals surface area contributed by atoms with E-state index in [9.17, 15) is 19.6 Å². The van der Waals surface area contributed by atoms with Crippen molar-refractivity contribution in [3.63, 3.8) is 0 Å². The first-order valence-electron chi connectivity index (χ1n) is 8.87. The van der Waals surface area contributed by atoms with Crippen LogP contribution in [0.25, 0.3) is 5.69 Å². The molecule has 2 aromatic heterocycles. The van der Waals surface area contributed by atoms with Crippen LogP contribution in [-0.4, -0.2) is 28.0 Å². The first-order valence-corrected chi connectivity index (χ1v) is 8.87. The predicted molar refractivity (Wildman–Crippen MR) is 106 cm³/mol. The van der Waals surface area contributed by atoms with E-state index in [2.05, 4.69) is 4.74 Å². The van der Waals surface area contributed by atoms with E-state index in [1.807, 2.05) is 48.7 Å². The van der Waals surface area contributed by atoms with Crippen molar-refractivity contribution in [3.8, 4) is 11.8 Å². The van der Waals surface area contributed by atoms with Crippen molar-refractivity contribution < 1.29 is 14.3 Å². The summed E-state index contributed by atoms with van der Waals surface area (Å²) in [5.41, 5.74) is 2.20. The molecule has 0 spiro atoms. The number of pyridine rings is 1. The average molecular weight is 389 g/mol. The number of methoxy groups -OCH3 is 1. The Kier molecular flexibility index (Phi) is 5.46. The minimum atomic E-state index is -0.690. The van der Waals surface area contributed by atoms with Crippen molar-refractivity contribution in [2.24, 2.45) is 0 Å². The van der Waals surface area contributed by atoms with Crippen molar-refractivity contribution in [1.82, 2.24) is 9.13 Å². The van der Waals surface area contributed by atoms with E-state index in [1.165, 1.54) is 13.3 Å². The number of rotatable bonds is 5. The molecule has 1 aromatic carbocycles. The minimum absolute atomic E-state index is 0.0335. The number of hydrogen-bond acceptors (Lipinski definition) is 5. The molecular weight excluding hydrogens is 370 g/mol. The lowest BCUT2D eigenvalue weighted by molar-refractivity contribution is 0.0599. The van der Waals surface area contributed by atoms with Crippen LogP contribution in [0.4, 0.5) is 0 Å². The third-order valence-corrected chi connectivity index (χ3v) is 4.69. The summed E-state index contributed by atoms with van der Waals surface area (Å²) in [6.07, 6.45) is 1.24. The zero-order valence-electron chi connectivity index (χ0n) is 16.3.